The Morgan fingerprint density at radius 1 is 1.19 bits per heavy atom. The number of aromatic nitrogens is 4. The maximum absolute atomic E-state index is 4.84. The number of nitrogens with one attached hydrogen (secondary N) is 2. The van der Waals surface area contributed by atoms with Crippen LogP contribution in [0.15, 0.2) is 12.4 Å². The van der Waals surface area contributed by atoms with Crippen LogP contribution < -0.4 is 10.6 Å². The van der Waals surface area contributed by atoms with Gasteiger partial charge in [0.15, 0.2) is 0 Å². The van der Waals surface area contributed by atoms with Crippen LogP contribution in [-0.2, 0) is 26.4 Å². The standard InChI is InChI=1S/C19H29N7/c1-13(2)21-19-23-17-7-9-26(12-14-10-20-25(3)11-14)8-6-16(17)18(24-19)22-15-4-5-15/h10-11,13,15H,4-9,12H2,1-3H3,(H2,21,22,23,24). The molecule has 1 aliphatic heterocycles. The zero-order valence-corrected chi connectivity index (χ0v) is 16.0. The monoisotopic (exact) mass is 355 g/mol. The fourth-order valence-corrected chi connectivity index (χ4v) is 3.48. The Bertz CT molecular complexity index is 763. The van der Waals surface area contributed by atoms with Gasteiger partial charge in [0.25, 0.3) is 0 Å². The van der Waals surface area contributed by atoms with Crippen molar-refractivity contribution in [2.45, 2.75) is 58.2 Å². The second kappa shape index (κ2) is 7.23. The van der Waals surface area contributed by atoms with Crippen LogP contribution in [0, 0.1) is 0 Å². The number of hydrogen-bond acceptors (Lipinski definition) is 6. The van der Waals surface area contributed by atoms with Crippen LogP contribution in [0.5, 0.6) is 0 Å². The van der Waals surface area contributed by atoms with Gasteiger partial charge in [-0.3, -0.25) is 9.58 Å². The van der Waals surface area contributed by atoms with Crippen molar-refractivity contribution in [3.05, 3.63) is 29.2 Å². The molecule has 0 amide bonds. The minimum atomic E-state index is 0.328. The minimum absolute atomic E-state index is 0.328. The summed E-state index contributed by atoms with van der Waals surface area (Å²) in [5.74, 6) is 1.80. The Morgan fingerprint density at radius 2 is 2.00 bits per heavy atom. The zero-order chi connectivity index (χ0) is 18.1. The van der Waals surface area contributed by atoms with Crippen molar-refractivity contribution in [1.82, 2.24) is 24.6 Å². The minimum Gasteiger partial charge on any atom is -0.367 e. The van der Waals surface area contributed by atoms with Gasteiger partial charge in [-0.05, 0) is 33.1 Å². The zero-order valence-electron chi connectivity index (χ0n) is 16.0. The maximum Gasteiger partial charge on any atom is 0.225 e. The maximum atomic E-state index is 4.84. The molecule has 140 valence electrons. The molecule has 0 aromatic carbocycles. The largest absolute Gasteiger partial charge is 0.367 e. The first-order chi connectivity index (χ1) is 12.6. The number of hydrogen-bond donors (Lipinski definition) is 2. The number of nitrogens with zero attached hydrogens (tertiary/aromatic N) is 5. The van der Waals surface area contributed by atoms with Crippen molar-refractivity contribution in [3.8, 4) is 0 Å². The molecule has 0 saturated heterocycles. The summed E-state index contributed by atoms with van der Waals surface area (Å²) in [5.41, 5.74) is 3.77. The van der Waals surface area contributed by atoms with E-state index in [0.29, 0.717) is 12.1 Å². The van der Waals surface area contributed by atoms with E-state index < -0.39 is 0 Å². The van der Waals surface area contributed by atoms with E-state index >= 15 is 0 Å². The van der Waals surface area contributed by atoms with Crippen LogP contribution in [0.3, 0.4) is 0 Å². The Kier molecular flexibility index (Phi) is 4.80. The average Bonchev–Trinajstić information content (AvgIpc) is 3.33. The normalized spacial score (nSPS) is 17.8. The molecule has 0 radical (unpaired) electrons. The highest BCUT2D eigenvalue weighted by Gasteiger charge is 2.26. The highest BCUT2D eigenvalue weighted by atomic mass is 15.2. The van der Waals surface area contributed by atoms with Gasteiger partial charge in [-0.2, -0.15) is 10.1 Å². The van der Waals surface area contributed by atoms with Gasteiger partial charge in [-0.15, -0.1) is 0 Å². The second-order valence-corrected chi connectivity index (χ2v) is 7.84. The van der Waals surface area contributed by atoms with Crippen molar-refractivity contribution in [3.63, 3.8) is 0 Å². The molecule has 0 unspecified atom stereocenters. The van der Waals surface area contributed by atoms with Gasteiger partial charge in [0.05, 0.1) is 11.9 Å². The highest BCUT2D eigenvalue weighted by Crippen LogP contribution is 2.29. The van der Waals surface area contributed by atoms with E-state index in [1.54, 1.807) is 0 Å². The van der Waals surface area contributed by atoms with Crippen LogP contribution >= 0.6 is 0 Å². The van der Waals surface area contributed by atoms with E-state index in [1.807, 2.05) is 17.9 Å². The number of fused-ring (bicyclic) bond motifs is 1. The third-order valence-electron chi connectivity index (χ3n) is 4.94. The molecule has 4 rings (SSSR count). The summed E-state index contributed by atoms with van der Waals surface area (Å²) in [6.45, 7) is 7.24. The summed E-state index contributed by atoms with van der Waals surface area (Å²) < 4.78 is 1.87. The molecule has 26 heavy (non-hydrogen) atoms. The molecule has 2 N–H and O–H groups in total. The topological polar surface area (TPSA) is 70.9 Å². The van der Waals surface area contributed by atoms with Crippen LogP contribution in [0.1, 0.15) is 43.5 Å². The lowest BCUT2D eigenvalue weighted by Gasteiger charge is -2.18. The number of anilines is 2. The Hall–Kier alpha value is -2.15. The Labute approximate surface area is 155 Å². The first-order valence-corrected chi connectivity index (χ1v) is 9.69. The van der Waals surface area contributed by atoms with Crippen molar-refractivity contribution < 1.29 is 0 Å². The molecule has 2 aromatic rings. The summed E-state index contributed by atoms with van der Waals surface area (Å²) in [6.07, 6.45) is 8.51. The molecule has 0 bridgehead atoms. The summed E-state index contributed by atoms with van der Waals surface area (Å²) in [4.78, 5) is 12.1. The predicted molar refractivity (Wildman–Crippen MR) is 103 cm³/mol. The molecule has 0 atom stereocenters. The van der Waals surface area contributed by atoms with Crippen molar-refractivity contribution in [2.24, 2.45) is 7.05 Å². The van der Waals surface area contributed by atoms with Gasteiger partial charge < -0.3 is 10.6 Å². The van der Waals surface area contributed by atoms with E-state index in [1.165, 1.54) is 29.7 Å². The predicted octanol–water partition coefficient (Wildman–Crippen LogP) is 2.21. The molecule has 0 spiro atoms. The summed E-state index contributed by atoms with van der Waals surface area (Å²) in [5, 5.41) is 11.3. The van der Waals surface area contributed by atoms with Gasteiger partial charge in [0, 0.05) is 62.5 Å². The molecule has 1 fully saturated rings. The van der Waals surface area contributed by atoms with Gasteiger partial charge in [-0.1, -0.05) is 0 Å². The molecular formula is C19H29N7. The fraction of sp³-hybridized carbons (Fsp3) is 0.632. The number of rotatable bonds is 6. The van der Waals surface area contributed by atoms with Crippen LogP contribution in [0.4, 0.5) is 11.8 Å². The van der Waals surface area contributed by atoms with Crippen molar-refractivity contribution >= 4 is 11.8 Å². The third kappa shape index (κ3) is 4.15. The van der Waals surface area contributed by atoms with E-state index in [4.69, 9.17) is 9.97 Å². The van der Waals surface area contributed by atoms with Gasteiger partial charge in [0.2, 0.25) is 5.95 Å². The summed E-state index contributed by atoms with van der Waals surface area (Å²) in [7, 11) is 1.97. The van der Waals surface area contributed by atoms with Gasteiger partial charge in [0.1, 0.15) is 5.82 Å². The highest BCUT2D eigenvalue weighted by molar-refractivity contribution is 5.52. The van der Waals surface area contributed by atoms with Crippen LogP contribution in [-0.4, -0.2) is 49.8 Å². The first kappa shape index (κ1) is 17.3. The molecule has 2 aliphatic rings. The van der Waals surface area contributed by atoms with E-state index in [-0.39, 0.29) is 0 Å². The smallest absolute Gasteiger partial charge is 0.225 e. The van der Waals surface area contributed by atoms with Crippen LogP contribution in [0.2, 0.25) is 0 Å². The molecule has 1 saturated carbocycles. The molecule has 7 heteroatoms. The number of aryl methyl sites for hydroxylation is 1. The summed E-state index contributed by atoms with van der Waals surface area (Å²) >= 11 is 0. The Balaban J connectivity index is 1.53. The molecular weight excluding hydrogens is 326 g/mol. The lowest BCUT2D eigenvalue weighted by atomic mass is 10.1. The Morgan fingerprint density at radius 3 is 2.69 bits per heavy atom. The van der Waals surface area contributed by atoms with E-state index in [2.05, 4.69) is 40.7 Å². The van der Waals surface area contributed by atoms with Crippen molar-refractivity contribution in [2.75, 3.05) is 23.7 Å². The SMILES string of the molecule is CC(C)Nc1nc2c(c(NC3CC3)n1)CCN(Cc1cnn(C)c1)CC2. The van der Waals surface area contributed by atoms with E-state index in [9.17, 15) is 0 Å². The van der Waals surface area contributed by atoms with Gasteiger partial charge >= 0.3 is 0 Å². The second-order valence-electron chi connectivity index (χ2n) is 7.84. The molecule has 3 heterocycles. The lowest BCUT2D eigenvalue weighted by molar-refractivity contribution is 0.279. The van der Waals surface area contributed by atoms with E-state index in [0.717, 1.165) is 44.2 Å². The molecule has 1 aliphatic carbocycles. The molecule has 2 aromatic heterocycles. The average molecular weight is 355 g/mol. The summed E-state index contributed by atoms with van der Waals surface area (Å²) in [6, 6.07) is 0.922. The first-order valence-electron chi connectivity index (χ1n) is 9.69. The van der Waals surface area contributed by atoms with Crippen LogP contribution in [0.25, 0.3) is 0 Å². The molecule has 7 nitrogen and oxygen atoms in total. The quantitative estimate of drug-likeness (QED) is 0.828. The third-order valence-corrected chi connectivity index (χ3v) is 4.94. The fourth-order valence-electron chi connectivity index (χ4n) is 3.48. The van der Waals surface area contributed by atoms with Gasteiger partial charge in [-0.25, -0.2) is 4.98 Å². The lowest BCUT2D eigenvalue weighted by Crippen LogP contribution is -2.25. The van der Waals surface area contributed by atoms with Crippen molar-refractivity contribution in [1.29, 1.82) is 0 Å².